The van der Waals surface area contributed by atoms with Crippen LogP contribution >= 0.6 is 0 Å². The van der Waals surface area contributed by atoms with E-state index < -0.39 is 5.97 Å². The molecule has 1 aromatic heterocycles. The minimum atomic E-state index is -1.10. The summed E-state index contributed by atoms with van der Waals surface area (Å²) in [5, 5.41) is 17.9. The maximum absolute atomic E-state index is 10.7. The summed E-state index contributed by atoms with van der Waals surface area (Å²) >= 11 is 0. The first-order valence-corrected chi connectivity index (χ1v) is 5.66. The number of morpholine rings is 1. The average molecular weight is 253 g/mol. The van der Waals surface area contributed by atoms with Crippen LogP contribution in [0, 0.1) is 0 Å². The number of carboxylic acids is 1. The van der Waals surface area contributed by atoms with Gasteiger partial charge in [0.1, 0.15) is 5.82 Å². The monoisotopic (exact) mass is 253 g/mol. The van der Waals surface area contributed by atoms with E-state index in [9.17, 15) is 4.79 Å². The van der Waals surface area contributed by atoms with E-state index in [-0.39, 0.29) is 24.5 Å². The molecule has 0 spiro atoms. The molecule has 2 rings (SSSR count). The number of aliphatic hydroxyl groups excluding tert-OH is 1. The standard InChI is InChI=1S/C11H15N3O4/c1-7-4-14(5-8(6-15)18-7)10-3-12-9(2-13-10)11(16)17/h2-3,7-8,15H,4-6H2,1H3,(H,16,17). The van der Waals surface area contributed by atoms with E-state index in [4.69, 9.17) is 14.9 Å². The van der Waals surface area contributed by atoms with Crippen LogP contribution in [0.5, 0.6) is 0 Å². The zero-order chi connectivity index (χ0) is 13.1. The van der Waals surface area contributed by atoms with Crippen molar-refractivity contribution in [3.8, 4) is 0 Å². The number of hydrogen-bond donors (Lipinski definition) is 2. The highest BCUT2D eigenvalue weighted by Crippen LogP contribution is 2.17. The molecular formula is C11H15N3O4. The van der Waals surface area contributed by atoms with Crippen LogP contribution in [0.1, 0.15) is 17.4 Å². The molecule has 7 heteroatoms. The Hall–Kier alpha value is -1.73. The van der Waals surface area contributed by atoms with Crippen molar-refractivity contribution in [3.05, 3.63) is 18.1 Å². The summed E-state index contributed by atoms with van der Waals surface area (Å²) in [4.78, 5) is 20.5. The summed E-state index contributed by atoms with van der Waals surface area (Å²) in [6, 6.07) is 0. The quantitative estimate of drug-likeness (QED) is 0.767. The minimum absolute atomic E-state index is 0.0168. The average Bonchev–Trinajstić information content (AvgIpc) is 2.38. The summed E-state index contributed by atoms with van der Waals surface area (Å²) in [7, 11) is 0. The summed E-state index contributed by atoms with van der Waals surface area (Å²) < 4.78 is 5.52. The van der Waals surface area contributed by atoms with Crippen LogP contribution in [0.3, 0.4) is 0 Å². The van der Waals surface area contributed by atoms with Crippen LogP contribution in [0.4, 0.5) is 5.82 Å². The number of aromatic nitrogens is 2. The third-order valence-corrected chi connectivity index (χ3v) is 2.71. The van der Waals surface area contributed by atoms with Crippen molar-refractivity contribution >= 4 is 11.8 Å². The fourth-order valence-electron chi connectivity index (χ4n) is 1.93. The molecule has 98 valence electrons. The Kier molecular flexibility index (Phi) is 3.73. The molecule has 2 atom stereocenters. The minimum Gasteiger partial charge on any atom is -0.476 e. The number of aliphatic hydroxyl groups is 1. The number of aromatic carboxylic acids is 1. The molecule has 1 fully saturated rings. The van der Waals surface area contributed by atoms with Gasteiger partial charge < -0.3 is 19.8 Å². The zero-order valence-corrected chi connectivity index (χ0v) is 9.98. The van der Waals surface area contributed by atoms with E-state index in [1.807, 2.05) is 11.8 Å². The van der Waals surface area contributed by atoms with Crippen LogP contribution in [-0.4, -0.2) is 58.1 Å². The Bertz CT molecular complexity index is 423. The molecule has 2 unspecified atom stereocenters. The fourth-order valence-corrected chi connectivity index (χ4v) is 1.93. The fraction of sp³-hybridized carbons (Fsp3) is 0.545. The van der Waals surface area contributed by atoms with Crippen molar-refractivity contribution in [1.82, 2.24) is 9.97 Å². The number of carboxylic acid groups (broad SMARTS) is 1. The second-order valence-electron chi connectivity index (χ2n) is 4.22. The lowest BCUT2D eigenvalue weighted by Gasteiger charge is -2.36. The Balaban J connectivity index is 2.12. The molecule has 18 heavy (non-hydrogen) atoms. The second kappa shape index (κ2) is 5.28. The Morgan fingerprint density at radius 1 is 1.50 bits per heavy atom. The zero-order valence-electron chi connectivity index (χ0n) is 9.98. The van der Waals surface area contributed by atoms with Gasteiger partial charge in [-0.05, 0) is 6.92 Å². The van der Waals surface area contributed by atoms with Gasteiger partial charge in [0.25, 0.3) is 0 Å². The van der Waals surface area contributed by atoms with Crippen LogP contribution in [-0.2, 0) is 4.74 Å². The predicted molar refractivity (Wildman–Crippen MR) is 62.6 cm³/mol. The molecule has 0 aliphatic carbocycles. The smallest absolute Gasteiger partial charge is 0.356 e. The van der Waals surface area contributed by atoms with Gasteiger partial charge in [0, 0.05) is 13.1 Å². The lowest BCUT2D eigenvalue weighted by atomic mass is 10.2. The van der Waals surface area contributed by atoms with Gasteiger partial charge in [-0.2, -0.15) is 0 Å². The first kappa shape index (κ1) is 12.7. The summed E-state index contributed by atoms with van der Waals surface area (Å²) in [6.45, 7) is 3.01. The molecule has 2 N–H and O–H groups in total. The third-order valence-electron chi connectivity index (χ3n) is 2.71. The first-order valence-electron chi connectivity index (χ1n) is 5.66. The molecular weight excluding hydrogens is 238 g/mol. The van der Waals surface area contributed by atoms with Gasteiger partial charge in [0.2, 0.25) is 0 Å². The molecule has 1 aliphatic rings. The van der Waals surface area contributed by atoms with Gasteiger partial charge in [0.15, 0.2) is 5.69 Å². The molecule has 2 heterocycles. The summed E-state index contributed by atoms with van der Waals surface area (Å²) in [6.07, 6.45) is 2.38. The van der Waals surface area contributed by atoms with Crippen LogP contribution < -0.4 is 4.90 Å². The van der Waals surface area contributed by atoms with E-state index in [1.54, 1.807) is 0 Å². The summed E-state index contributed by atoms with van der Waals surface area (Å²) in [5.74, 6) is -0.508. The number of ether oxygens (including phenoxy) is 1. The first-order chi connectivity index (χ1) is 8.60. The van der Waals surface area contributed by atoms with Crippen LogP contribution in [0.15, 0.2) is 12.4 Å². The van der Waals surface area contributed by atoms with Gasteiger partial charge in [-0.25, -0.2) is 14.8 Å². The molecule has 0 aromatic carbocycles. The molecule has 1 aromatic rings. The molecule has 1 aliphatic heterocycles. The van der Waals surface area contributed by atoms with E-state index in [0.29, 0.717) is 18.9 Å². The van der Waals surface area contributed by atoms with E-state index in [2.05, 4.69) is 9.97 Å². The number of nitrogens with zero attached hydrogens (tertiary/aromatic N) is 3. The van der Waals surface area contributed by atoms with Gasteiger partial charge in [-0.1, -0.05) is 0 Å². The molecule has 0 amide bonds. The maximum atomic E-state index is 10.7. The number of hydrogen-bond acceptors (Lipinski definition) is 6. The SMILES string of the molecule is CC1CN(c2cnc(C(=O)O)cn2)CC(CO)O1. The van der Waals surface area contributed by atoms with Crippen LogP contribution in [0.25, 0.3) is 0 Å². The molecule has 7 nitrogen and oxygen atoms in total. The van der Waals surface area contributed by atoms with E-state index in [0.717, 1.165) is 0 Å². The second-order valence-corrected chi connectivity index (χ2v) is 4.22. The highest BCUT2D eigenvalue weighted by molar-refractivity contribution is 5.84. The molecule has 0 saturated carbocycles. The molecule has 0 radical (unpaired) electrons. The van der Waals surface area contributed by atoms with Crippen molar-refractivity contribution in [2.75, 3.05) is 24.6 Å². The topological polar surface area (TPSA) is 95.8 Å². The number of carbonyl (C=O) groups is 1. The van der Waals surface area contributed by atoms with E-state index in [1.165, 1.54) is 12.4 Å². The third kappa shape index (κ3) is 2.74. The summed E-state index contributed by atoms with van der Waals surface area (Å²) in [5.41, 5.74) is -0.0845. The van der Waals surface area contributed by atoms with Crippen molar-refractivity contribution in [2.45, 2.75) is 19.1 Å². The largest absolute Gasteiger partial charge is 0.476 e. The Labute approximate surface area is 104 Å². The van der Waals surface area contributed by atoms with Crippen molar-refractivity contribution in [3.63, 3.8) is 0 Å². The Morgan fingerprint density at radius 2 is 2.28 bits per heavy atom. The lowest BCUT2D eigenvalue weighted by molar-refractivity contribution is -0.0423. The van der Waals surface area contributed by atoms with Crippen molar-refractivity contribution in [2.24, 2.45) is 0 Å². The van der Waals surface area contributed by atoms with Gasteiger partial charge in [-0.15, -0.1) is 0 Å². The van der Waals surface area contributed by atoms with Crippen molar-refractivity contribution in [1.29, 1.82) is 0 Å². The van der Waals surface area contributed by atoms with Crippen molar-refractivity contribution < 1.29 is 19.7 Å². The van der Waals surface area contributed by atoms with Gasteiger partial charge >= 0.3 is 5.97 Å². The normalized spacial score (nSPS) is 24.0. The highest BCUT2D eigenvalue weighted by Gasteiger charge is 2.25. The van der Waals surface area contributed by atoms with Crippen LogP contribution in [0.2, 0.25) is 0 Å². The maximum Gasteiger partial charge on any atom is 0.356 e. The number of rotatable bonds is 3. The molecule has 1 saturated heterocycles. The number of anilines is 1. The Morgan fingerprint density at radius 3 is 2.83 bits per heavy atom. The molecule has 0 bridgehead atoms. The predicted octanol–water partition coefficient (Wildman–Crippen LogP) is -0.239. The highest BCUT2D eigenvalue weighted by atomic mass is 16.5. The lowest BCUT2D eigenvalue weighted by Crippen LogP contribution is -2.48. The van der Waals surface area contributed by atoms with Gasteiger partial charge in [0.05, 0.1) is 31.2 Å². The van der Waals surface area contributed by atoms with E-state index >= 15 is 0 Å². The van der Waals surface area contributed by atoms with Gasteiger partial charge in [-0.3, -0.25) is 0 Å².